The third-order valence-electron chi connectivity index (χ3n) is 5.71. The van der Waals surface area contributed by atoms with Gasteiger partial charge < -0.3 is 19.1 Å². The molecule has 3 aromatic heterocycles. The second-order valence-corrected chi connectivity index (χ2v) is 11.0. The van der Waals surface area contributed by atoms with Crippen LogP contribution in [-0.2, 0) is 9.47 Å². The molecule has 1 saturated heterocycles. The first-order valence-electron chi connectivity index (χ1n) is 12.2. The second kappa shape index (κ2) is 9.76. The van der Waals surface area contributed by atoms with Crippen LogP contribution in [-0.4, -0.2) is 60.8 Å². The second-order valence-electron chi connectivity index (χ2n) is 11.0. The smallest absolute Gasteiger partial charge is 0.444 e. The molecule has 1 aliphatic heterocycles. The number of ether oxygens (including phenoxy) is 3. The lowest BCUT2D eigenvalue weighted by molar-refractivity contribution is 0.0180. The van der Waals surface area contributed by atoms with Gasteiger partial charge in [0.25, 0.3) is 0 Å². The van der Waals surface area contributed by atoms with E-state index in [2.05, 4.69) is 16.3 Å². The van der Waals surface area contributed by atoms with E-state index in [0.717, 1.165) is 18.4 Å². The first-order valence-corrected chi connectivity index (χ1v) is 12.2. The summed E-state index contributed by atoms with van der Waals surface area (Å²) in [4.78, 5) is 26.5. The van der Waals surface area contributed by atoms with Gasteiger partial charge in [-0.05, 0) is 60.5 Å². The summed E-state index contributed by atoms with van der Waals surface area (Å²) < 4.78 is 19.7. The Morgan fingerprint density at radius 2 is 1.65 bits per heavy atom. The van der Waals surface area contributed by atoms with Crippen molar-refractivity contribution in [3.05, 3.63) is 36.4 Å². The van der Waals surface area contributed by atoms with Crippen molar-refractivity contribution in [2.45, 2.75) is 71.6 Å². The van der Waals surface area contributed by atoms with Gasteiger partial charge in [-0.25, -0.2) is 14.1 Å². The highest BCUT2D eigenvalue weighted by molar-refractivity contribution is 5.78. The fourth-order valence-electron chi connectivity index (χ4n) is 4.09. The third-order valence-corrected chi connectivity index (χ3v) is 5.71. The van der Waals surface area contributed by atoms with Crippen molar-refractivity contribution in [3.8, 4) is 22.9 Å². The van der Waals surface area contributed by atoms with Crippen LogP contribution in [0.3, 0.4) is 0 Å². The van der Waals surface area contributed by atoms with Crippen molar-refractivity contribution in [3.63, 3.8) is 0 Å². The average Bonchev–Trinajstić information content (AvgIpc) is 3.44. The lowest BCUT2D eigenvalue weighted by Crippen LogP contribution is -2.42. The molecule has 1 fully saturated rings. The summed E-state index contributed by atoms with van der Waals surface area (Å²) in [5, 5.41) is 18.3. The minimum Gasteiger partial charge on any atom is -0.444 e. The van der Waals surface area contributed by atoms with Gasteiger partial charge in [-0.2, -0.15) is 15.5 Å². The van der Waals surface area contributed by atoms with Gasteiger partial charge in [0.05, 0.1) is 18.4 Å². The normalized spacial score (nSPS) is 14.9. The Bertz CT molecular complexity index is 1350. The van der Waals surface area contributed by atoms with E-state index in [9.17, 15) is 14.9 Å². The van der Waals surface area contributed by atoms with Crippen LogP contribution in [0.4, 0.5) is 9.59 Å². The van der Waals surface area contributed by atoms with Crippen molar-refractivity contribution < 1.29 is 23.8 Å². The quantitative estimate of drug-likeness (QED) is 0.455. The third kappa shape index (κ3) is 6.20. The van der Waals surface area contributed by atoms with Crippen LogP contribution >= 0.6 is 0 Å². The number of hydrogen-bond donors (Lipinski definition) is 0. The molecule has 0 radical (unpaired) electrons. The summed E-state index contributed by atoms with van der Waals surface area (Å²) in [5.41, 5.74) is 0.886. The van der Waals surface area contributed by atoms with Gasteiger partial charge in [-0.3, -0.25) is 4.68 Å². The van der Waals surface area contributed by atoms with E-state index >= 15 is 0 Å². The fraction of sp³-hybridized carbons (Fsp3) is 0.500. The van der Waals surface area contributed by atoms with Gasteiger partial charge in [-0.15, -0.1) is 0 Å². The summed E-state index contributed by atoms with van der Waals surface area (Å²) in [6, 6.07) is 3.88. The lowest BCUT2D eigenvalue weighted by Gasteiger charge is -2.33. The molecule has 11 nitrogen and oxygen atoms in total. The Morgan fingerprint density at radius 1 is 0.973 bits per heavy atom. The SMILES string of the molecule is CC(C)(C)OC(=O)Oc1cc(-c2cnn(C3CCN(C(=O)OC(C)(C)C)CC3)c2)cn2ncc(C#N)c12. The maximum absolute atomic E-state index is 12.4. The number of carbonyl (C=O) groups excluding carboxylic acids is 2. The van der Waals surface area contributed by atoms with Gasteiger partial charge in [0.2, 0.25) is 0 Å². The molecular formula is C26H32N6O5. The number of aromatic nitrogens is 4. The number of amides is 1. The Hall–Kier alpha value is -4.07. The van der Waals surface area contributed by atoms with E-state index in [-0.39, 0.29) is 23.4 Å². The minimum atomic E-state index is -0.871. The van der Waals surface area contributed by atoms with Gasteiger partial charge in [0.15, 0.2) is 5.75 Å². The van der Waals surface area contributed by atoms with Crippen LogP contribution in [0.1, 0.15) is 66.0 Å². The van der Waals surface area contributed by atoms with Crippen LogP contribution in [0.15, 0.2) is 30.9 Å². The summed E-state index contributed by atoms with van der Waals surface area (Å²) in [7, 11) is 0. The molecule has 196 valence electrons. The van der Waals surface area contributed by atoms with Gasteiger partial charge in [-0.1, -0.05) is 0 Å². The Labute approximate surface area is 215 Å². The minimum absolute atomic E-state index is 0.128. The van der Waals surface area contributed by atoms with Crippen molar-refractivity contribution in [2.75, 3.05) is 13.1 Å². The molecule has 1 aliphatic rings. The van der Waals surface area contributed by atoms with Gasteiger partial charge in [0.1, 0.15) is 28.4 Å². The highest BCUT2D eigenvalue weighted by Gasteiger charge is 2.28. The largest absolute Gasteiger partial charge is 0.514 e. The molecule has 0 atom stereocenters. The molecule has 0 aromatic carbocycles. The Kier molecular flexibility index (Phi) is 6.86. The zero-order valence-corrected chi connectivity index (χ0v) is 22.0. The van der Waals surface area contributed by atoms with Gasteiger partial charge >= 0.3 is 12.2 Å². The molecule has 11 heteroatoms. The molecule has 4 heterocycles. The number of hydrogen-bond acceptors (Lipinski definition) is 8. The van der Waals surface area contributed by atoms with E-state index in [1.165, 1.54) is 10.7 Å². The zero-order chi connectivity index (χ0) is 27.0. The van der Waals surface area contributed by atoms with Crippen molar-refractivity contribution in [1.82, 2.24) is 24.3 Å². The van der Waals surface area contributed by atoms with E-state index in [1.807, 2.05) is 31.6 Å². The predicted molar refractivity (Wildman–Crippen MR) is 134 cm³/mol. The molecule has 0 unspecified atom stereocenters. The molecule has 0 saturated carbocycles. The first kappa shape index (κ1) is 26.0. The molecule has 0 spiro atoms. The molecule has 0 bridgehead atoms. The maximum Gasteiger partial charge on any atom is 0.514 e. The van der Waals surface area contributed by atoms with Crippen molar-refractivity contribution >= 4 is 17.8 Å². The number of nitriles is 1. The van der Waals surface area contributed by atoms with Gasteiger partial charge in [0, 0.05) is 36.6 Å². The van der Waals surface area contributed by atoms with Crippen molar-refractivity contribution in [2.24, 2.45) is 0 Å². The Morgan fingerprint density at radius 3 is 2.27 bits per heavy atom. The van der Waals surface area contributed by atoms with E-state index in [1.54, 1.807) is 44.1 Å². The molecule has 4 rings (SSSR count). The Balaban J connectivity index is 1.54. The number of pyridine rings is 1. The van der Waals surface area contributed by atoms with Crippen LogP contribution in [0.5, 0.6) is 5.75 Å². The predicted octanol–water partition coefficient (Wildman–Crippen LogP) is 4.96. The molecule has 0 aliphatic carbocycles. The summed E-state index contributed by atoms with van der Waals surface area (Å²) >= 11 is 0. The first-order chi connectivity index (χ1) is 17.3. The molecule has 3 aromatic rings. The standard InChI is InChI=1S/C26H32N6O5/c1-25(2,3)36-23(33)30-9-7-20(8-10-30)31-16-19(14-28-31)17-11-21(35-24(34)37-26(4,5)6)22-18(12-27)13-29-32(22)15-17/h11,13-16,20H,7-10H2,1-6H3. The topological polar surface area (TPSA) is 124 Å². The zero-order valence-electron chi connectivity index (χ0n) is 22.0. The molecular weight excluding hydrogens is 476 g/mol. The van der Waals surface area contributed by atoms with E-state index in [4.69, 9.17) is 14.2 Å². The summed E-state index contributed by atoms with van der Waals surface area (Å²) in [6.07, 6.45) is 7.15. The van der Waals surface area contributed by atoms with Crippen molar-refractivity contribution in [1.29, 1.82) is 5.26 Å². The molecule has 37 heavy (non-hydrogen) atoms. The highest BCUT2D eigenvalue weighted by atomic mass is 16.7. The number of rotatable bonds is 3. The maximum atomic E-state index is 12.4. The summed E-state index contributed by atoms with van der Waals surface area (Å²) in [6.45, 7) is 12.0. The molecule has 1 amide bonds. The van der Waals surface area contributed by atoms with E-state index < -0.39 is 17.4 Å². The van der Waals surface area contributed by atoms with Crippen LogP contribution in [0.2, 0.25) is 0 Å². The number of fused-ring (bicyclic) bond motifs is 1. The monoisotopic (exact) mass is 508 g/mol. The van der Waals surface area contributed by atoms with Crippen LogP contribution in [0.25, 0.3) is 16.6 Å². The fourth-order valence-corrected chi connectivity index (χ4v) is 4.09. The lowest BCUT2D eigenvalue weighted by atomic mass is 10.1. The molecule has 0 N–H and O–H groups in total. The van der Waals surface area contributed by atoms with E-state index in [0.29, 0.717) is 24.2 Å². The number of nitrogens with zero attached hydrogens (tertiary/aromatic N) is 6. The highest BCUT2D eigenvalue weighted by Crippen LogP contribution is 2.32. The number of piperidine rings is 1. The summed E-state index contributed by atoms with van der Waals surface area (Å²) in [5.74, 6) is 0.166. The number of carbonyl (C=O) groups is 2. The van der Waals surface area contributed by atoms with Crippen LogP contribution < -0.4 is 4.74 Å². The van der Waals surface area contributed by atoms with Crippen LogP contribution in [0, 0.1) is 11.3 Å². The average molecular weight is 509 g/mol. The number of likely N-dealkylation sites (tertiary alicyclic amines) is 1.